The summed E-state index contributed by atoms with van der Waals surface area (Å²) in [5.41, 5.74) is 2.50. The first kappa shape index (κ1) is 15.7. The molecule has 0 bridgehead atoms. The minimum absolute atomic E-state index is 0.0524. The molecular weight excluding hydrogens is 326 g/mol. The fourth-order valence-corrected chi connectivity index (χ4v) is 8.63. The molecule has 3 unspecified atom stereocenters. The van der Waals surface area contributed by atoms with Crippen molar-refractivity contribution in [3.63, 3.8) is 0 Å². The van der Waals surface area contributed by atoms with Gasteiger partial charge in [0.05, 0.1) is 5.71 Å². The van der Waals surface area contributed by atoms with Crippen LogP contribution in [0.4, 0.5) is 0 Å². The van der Waals surface area contributed by atoms with Gasteiger partial charge >= 0.3 is 5.97 Å². The largest absolute Gasteiger partial charge is 0.458 e. The van der Waals surface area contributed by atoms with Gasteiger partial charge in [-0.25, -0.2) is 0 Å². The number of ether oxygens (including phenoxy) is 1. The van der Waals surface area contributed by atoms with E-state index in [0.29, 0.717) is 18.3 Å². The molecule has 1 N–H and O–H groups in total. The Balaban J connectivity index is 1.35. The minimum Gasteiger partial charge on any atom is -0.458 e. The van der Waals surface area contributed by atoms with Gasteiger partial charge in [0, 0.05) is 17.8 Å². The smallest absolute Gasteiger partial charge is 0.306 e. The molecule has 6 rings (SSSR count). The maximum Gasteiger partial charge on any atom is 0.306 e. The van der Waals surface area contributed by atoms with Crippen LogP contribution >= 0.6 is 0 Å². The molecule has 6 aliphatic rings. The fraction of sp³-hybridized carbons (Fsp3) is 0.818. The van der Waals surface area contributed by atoms with Crippen LogP contribution < -0.4 is 0 Å². The highest BCUT2D eigenvalue weighted by Crippen LogP contribution is 2.78. The van der Waals surface area contributed by atoms with Crippen molar-refractivity contribution in [1.29, 1.82) is 0 Å². The second-order valence-corrected chi connectivity index (χ2v) is 10.2. The van der Waals surface area contributed by atoms with E-state index in [9.17, 15) is 4.79 Å². The zero-order valence-corrected chi connectivity index (χ0v) is 15.6. The molecule has 1 heterocycles. The number of oxime groups is 1. The van der Waals surface area contributed by atoms with Gasteiger partial charge in [-0.15, -0.1) is 0 Å². The molecule has 1 aliphatic heterocycles. The van der Waals surface area contributed by atoms with Crippen LogP contribution in [0.25, 0.3) is 0 Å². The summed E-state index contributed by atoms with van der Waals surface area (Å²) in [6, 6.07) is 0. The number of carbonyl (C=O) groups is 1. The Bertz CT molecular complexity index is 742. The van der Waals surface area contributed by atoms with Gasteiger partial charge in [0.25, 0.3) is 0 Å². The van der Waals surface area contributed by atoms with Crippen LogP contribution in [0, 0.1) is 40.9 Å². The maximum absolute atomic E-state index is 12.1. The summed E-state index contributed by atoms with van der Waals surface area (Å²) >= 11 is 0. The van der Waals surface area contributed by atoms with E-state index in [-0.39, 0.29) is 17.0 Å². The van der Waals surface area contributed by atoms with E-state index in [2.05, 4.69) is 18.2 Å². The summed E-state index contributed by atoms with van der Waals surface area (Å²) < 4.78 is 6.16. The molecule has 4 heteroatoms. The van der Waals surface area contributed by atoms with Crippen molar-refractivity contribution in [2.45, 2.75) is 70.3 Å². The van der Waals surface area contributed by atoms with Crippen molar-refractivity contribution in [3.05, 3.63) is 11.6 Å². The highest BCUT2D eigenvalue weighted by atomic mass is 16.6. The Morgan fingerprint density at radius 3 is 2.77 bits per heavy atom. The van der Waals surface area contributed by atoms with E-state index < -0.39 is 0 Å². The minimum atomic E-state index is -0.121. The molecule has 0 aromatic heterocycles. The Morgan fingerprint density at radius 2 is 2.00 bits per heavy atom. The topological polar surface area (TPSA) is 58.9 Å². The van der Waals surface area contributed by atoms with Gasteiger partial charge in [0.2, 0.25) is 0 Å². The normalized spacial score (nSPS) is 55.7. The molecule has 1 saturated heterocycles. The zero-order chi connectivity index (χ0) is 17.7. The Labute approximate surface area is 155 Å². The lowest BCUT2D eigenvalue weighted by Gasteiger charge is -2.57. The Morgan fingerprint density at radius 1 is 1.12 bits per heavy atom. The van der Waals surface area contributed by atoms with Crippen molar-refractivity contribution in [3.8, 4) is 0 Å². The summed E-state index contributed by atoms with van der Waals surface area (Å²) in [4.78, 5) is 12.1. The standard InChI is InChI=1S/C22H29NO3/c1-21-8-6-15-14-5-3-13(23-25)10-12(14)2-4-16(15)20(21)17-11-18(17)22(21)9-7-19(24)26-22/h10,14-18,20,25H,2-9,11H2,1H3/b23-13+/t14-,15?,16?,17-,18+,20?,21-,22-/m0/s1. The van der Waals surface area contributed by atoms with E-state index in [0.717, 1.165) is 48.6 Å². The lowest BCUT2D eigenvalue weighted by molar-refractivity contribution is -0.174. The van der Waals surface area contributed by atoms with Gasteiger partial charge in [0.15, 0.2) is 0 Å². The number of fused-ring (bicyclic) bond motifs is 9. The molecule has 140 valence electrons. The molecule has 0 amide bonds. The monoisotopic (exact) mass is 355 g/mol. The lowest BCUT2D eigenvalue weighted by Crippen LogP contribution is -2.55. The zero-order valence-electron chi connectivity index (χ0n) is 15.6. The first-order chi connectivity index (χ1) is 12.6. The predicted molar refractivity (Wildman–Crippen MR) is 96.7 cm³/mol. The van der Waals surface area contributed by atoms with Gasteiger partial charge in [-0.2, -0.15) is 0 Å². The summed E-state index contributed by atoms with van der Waals surface area (Å²) in [7, 11) is 0. The van der Waals surface area contributed by atoms with Gasteiger partial charge in [-0.05, 0) is 87.0 Å². The van der Waals surface area contributed by atoms with Crippen LogP contribution in [0.3, 0.4) is 0 Å². The van der Waals surface area contributed by atoms with Crippen LogP contribution in [0.1, 0.15) is 64.7 Å². The molecule has 5 aliphatic carbocycles. The summed E-state index contributed by atoms with van der Waals surface area (Å²) in [6.07, 6.45) is 12.1. The summed E-state index contributed by atoms with van der Waals surface area (Å²) in [5.74, 6) is 4.56. The van der Waals surface area contributed by atoms with Crippen LogP contribution in [0.5, 0.6) is 0 Å². The summed E-state index contributed by atoms with van der Waals surface area (Å²) in [5, 5.41) is 12.6. The lowest BCUT2D eigenvalue weighted by atomic mass is 9.49. The molecule has 0 radical (unpaired) electrons. The second-order valence-electron chi connectivity index (χ2n) is 10.2. The Hall–Kier alpha value is -1.32. The average molecular weight is 355 g/mol. The van der Waals surface area contributed by atoms with Crippen molar-refractivity contribution in [1.82, 2.24) is 0 Å². The second kappa shape index (κ2) is 4.94. The number of allylic oxidation sites excluding steroid dienone is 2. The number of carbonyl (C=O) groups excluding carboxylic acids is 1. The van der Waals surface area contributed by atoms with Crippen molar-refractivity contribution < 1.29 is 14.7 Å². The van der Waals surface area contributed by atoms with E-state index >= 15 is 0 Å². The number of rotatable bonds is 0. The first-order valence-corrected chi connectivity index (χ1v) is 10.7. The van der Waals surface area contributed by atoms with Crippen molar-refractivity contribution in [2.24, 2.45) is 46.1 Å². The number of hydrogen-bond acceptors (Lipinski definition) is 4. The third-order valence-corrected chi connectivity index (χ3v) is 9.56. The maximum atomic E-state index is 12.1. The predicted octanol–water partition coefficient (Wildman–Crippen LogP) is 4.32. The SMILES string of the molecule is C[C@]12CCC3C(CCC4=C/C(=N/O)CC[C@@H]43)C1[C@H]1C[C@H]1[C@@]21CCC(=O)O1. The molecule has 5 fully saturated rings. The van der Waals surface area contributed by atoms with Gasteiger partial charge in [-0.3, -0.25) is 4.79 Å². The molecule has 0 aromatic carbocycles. The van der Waals surface area contributed by atoms with E-state index in [1.807, 2.05) is 0 Å². The highest BCUT2D eigenvalue weighted by Gasteiger charge is 2.78. The van der Waals surface area contributed by atoms with Crippen LogP contribution in [-0.2, 0) is 9.53 Å². The van der Waals surface area contributed by atoms with Gasteiger partial charge < -0.3 is 9.94 Å². The number of esters is 1. The fourth-order valence-electron chi connectivity index (χ4n) is 8.63. The molecular formula is C22H29NO3. The number of hydrogen-bond donors (Lipinski definition) is 1. The van der Waals surface area contributed by atoms with Gasteiger partial charge in [0.1, 0.15) is 5.60 Å². The first-order valence-electron chi connectivity index (χ1n) is 10.7. The molecule has 1 spiro atoms. The van der Waals surface area contributed by atoms with E-state index in [4.69, 9.17) is 9.94 Å². The third-order valence-electron chi connectivity index (χ3n) is 9.56. The summed E-state index contributed by atoms with van der Waals surface area (Å²) in [6.45, 7) is 2.47. The highest BCUT2D eigenvalue weighted by molar-refractivity contribution is 5.96. The molecule has 4 saturated carbocycles. The molecule has 4 nitrogen and oxygen atoms in total. The van der Waals surface area contributed by atoms with Crippen LogP contribution in [0.2, 0.25) is 0 Å². The van der Waals surface area contributed by atoms with Crippen molar-refractivity contribution >= 4 is 11.7 Å². The number of nitrogens with zero attached hydrogens (tertiary/aromatic N) is 1. The third kappa shape index (κ3) is 1.72. The van der Waals surface area contributed by atoms with Crippen LogP contribution in [0.15, 0.2) is 16.8 Å². The Kier molecular flexibility index (Phi) is 2.98. The van der Waals surface area contributed by atoms with Gasteiger partial charge in [-0.1, -0.05) is 17.7 Å². The van der Waals surface area contributed by atoms with E-state index in [1.54, 1.807) is 5.57 Å². The molecule has 0 aromatic rings. The van der Waals surface area contributed by atoms with E-state index in [1.165, 1.54) is 32.1 Å². The average Bonchev–Trinajstić information content (AvgIpc) is 3.29. The van der Waals surface area contributed by atoms with Crippen molar-refractivity contribution in [2.75, 3.05) is 0 Å². The molecule has 26 heavy (non-hydrogen) atoms. The van der Waals surface area contributed by atoms with Crippen LogP contribution in [-0.4, -0.2) is 22.5 Å². The molecule has 8 atom stereocenters. The quantitative estimate of drug-likeness (QED) is 0.400.